The number of hydrogen-bond donors (Lipinski definition) is 1. The first-order valence-corrected chi connectivity index (χ1v) is 10.4. The molecule has 1 aliphatic rings. The van der Waals surface area contributed by atoms with Gasteiger partial charge in [0.25, 0.3) is 0 Å². The van der Waals surface area contributed by atoms with Crippen LogP contribution < -0.4 is 27.2 Å². The zero-order chi connectivity index (χ0) is 22.0. The third kappa shape index (κ3) is 4.23. The summed E-state index contributed by atoms with van der Waals surface area (Å²) in [5.41, 5.74) is 7.02. The van der Waals surface area contributed by atoms with Crippen LogP contribution in [0.25, 0.3) is 11.1 Å². The fourth-order valence-electron chi connectivity index (χ4n) is 4.30. The number of benzene rings is 3. The van der Waals surface area contributed by atoms with Crippen LogP contribution in [0, 0.1) is 0 Å². The molecular weight excluding hydrogens is 420 g/mol. The lowest BCUT2D eigenvalue weighted by molar-refractivity contribution is -0.401. The molecule has 0 bridgehead atoms. The smallest absolute Gasteiger partial charge is 0.209 e. The molecule has 0 amide bonds. The van der Waals surface area contributed by atoms with Crippen molar-refractivity contribution in [2.24, 2.45) is 0 Å². The van der Waals surface area contributed by atoms with Crippen LogP contribution in [-0.2, 0) is 5.41 Å². The summed E-state index contributed by atoms with van der Waals surface area (Å²) in [5.74, 6) is 1.57. The van der Waals surface area contributed by atoms with Crippen molar-refractivity contribution in [3.05, 3.63) is 84.6 Å². The van der Waals surface area contributed by atoms with Crippen LogP contribution in [-0.4, -0.2) is 31.6 Å². The summed E-state index contributed by atoms with van der Waals surface area (Å²) < 4.78 is 13.1. The second kappa shape index (κ2) is 9.49. The second-order valence-electron chi connectivity index (χ2n) is 8.21. The van der Waals surface area contributed by atoms with E-state index >= 15 is 0 Å². The Labute approximate surface area is 196 Å². The normalized spacial score (nSPS) is 14.2. The number of rotatable bonds is 6. The van der Waals surface area contributed by atoms with E-state index < -0.39 is 0 Å². The van der Waals surface area contributed by atoms with Gasteiger partial charge in [-0.25, -0.2) is 0 Å². The van der Waals surface area contributed by atoms with Crippen molar-refractivity contribution in [1.29, 1.82) is 0 Å². The SMILES string of the molecule is COc1ccc(-c2ccc(NC=CC3=[N+](C)c4ccccc4C3(C)C)cc2)c(OC)c1.[Cl-]. The first-order chi connectivity index (χ1) is 15.0. The van der Waals surface area contributed by atoms with E-state index in [4.69, 9.17) is 9.47 Å². The van der Waals surface area contributed by atoms with Gasteiger partial charge in [0.15, 0.2) is 5.71 Å². The van der Waals surface area contributed by atoms with Crippen LogP contribution in [0.3, 0.4) is 0 Å². The van der Waals surface area contributed by atoms with Crippen molar-refractivity contribution in [2.45, 2.75) is 19.3 Å². The summed E-state index contributed by atoms with van der Waals surface area (Å²) in [6, 6.07) is 22.8. The van der Waals surface area contributed by atoms with Gasteiger partial charge in [-0.3, -0.25) is 0 Å². The minimum Gasteiger partial charge on any atom is -1.00 e. The topological polar surface area (TPSA) is 33.5 Å². The van der Waals surface area contributed by atoms with E-state index in [1.807, 2.05) is 24.4 Å². The van der Waals surface area contributed by atoms with Gasteiger partial charge in [-0.1, -0.05) is 30.3 Å². The van der Waals surface area contributed by atoms with Gasteiger partial charge in [0, 0.05) is 41.2 Å². The van der Waals surface area contributed by atoms with Crippen molar-refractivity contribution in [2.75, 3.05) is 26.6 Å². The molecular formula is C27H29ClN2O2. The maximum Gasteiger partial charge on any atom is 0.209 e. The van der Waals surface area contributed by atoms with E-state index in [9.17, 15) is 0 Å². The lowest BCUT2D eigenvalue weighted by Gasteiger charge is -2.15. The molecule has 0 unspecified atom stereocenters. The summed E-state index contributed by atoms with van der Waals surface area (Å²) in [6.07, 6.45) is 4.18. The number of halogens is 1. The summed E-state index contributed by atoms with van der Waals surface area (Å²) in [7, 11) is 5.46. The molecule has 0 aliphatic carbocycles. The van der Waals surface area contributed by atoms with Crippen LogP contribution in [0.5, 0.6) is 11.5 Å². The number of fused-ring (bicyclic) bond motifs is 1. The van der Waals surface area contributed by atoms with E-state index in [1.54, 1.807) is 14.2 Å². The molecule has 1 aliphatic heterocycles. The molecule has 0 atom stereocenters. The zero-order valence-electron chi connectivity index (χ0n) is 19.1. The maximum atomic E-state index is 5.54. The van der Waals surface area contributed by atoms with Crippen LogP contribution in [0.4, 0.5) is 11.4 Å². The van der Waals surface area contributed by atoms with Gasteiger partial charge < -0.3 is 27.2 Å². The Hall–Kier alpha value is -3.24. The Kier molecular flexibility index (Phi) is 6.95. The van der Waals surface area contributed by atoms with Gasteiger partial charge in [-0.2, -0.15) is 4.58 Å². The number of methoxy groups -OCH3 is 2. The number of nitrogens with zero attached hydrogens (tertiary/aromatic N) is 1. The molecule has 0 saturated carbocycles. The Morgan fingerprint density at radius 1 is 0.906 bits per heavy atom. The van der Waals surface area contributed by atoms with Gasteiger partial charge in [0.05, 0.1) is 19.6 Å². The van der Waals surface area contributed by atoms with Crippen LogP contribution >= 0.6 is 0 Å². The molecule has 3 aromatic rings. The van der Waals surface area contributed by atoms with Crippen LogP contribution in [0.15, 0.2) is 79.0 Å². The average molecular weight is 449 g/mol. The Morgan fingerprint density at radius 3 is 2.28 bits per heavy atom. The summed E-state index contributed by atoms with van der Waals surface area (Å²) in [4.78, 5) is 0. The second-order valence-corrected chi connectivity index (χ2v) is 8.21. The lowest BCUT2D eigenvalue weighted by Crippen LogP contribution is -3.00. The number of para-hydroxylation sites is 1. The highest BCUT2D eigenvalue weighted by Gasteiger charge is 2.42. The van der Waals surface area contributed by atoms with E-state index in [1.165, 1.54) is 17.0 Å². The van der Waals surface area contributed by atoms with E-state index in [2.05, 4.69) is 85.4 Å². The number of hydrogen-bond acceptors (Lipinski definition) is 3. The highest BCUT2D eigenvalue weighted by Crippen LogP contribution is 2.39. The molecule has 4 rings (SSSR count). The van der Waals surface area contributed by atoms with Crippen molar-refractivity contribution >= 4 is 17.1 Å². The third-order valence-corrected chi connectivity index (χ3v) is 6.04. The van der Waals surface area contributed by atoms with Crippen molar-refractivity contribution in [1.82, 2.24) is 0 Å². The molecule has 1 N–H and O–H groups in total. The molecule has 0 aromatic heterocycles. The standard InChI is InChI=1S/C27H28N2O2.ClH/c1-27(2)23-8-6-7-9-24(23)29(3)26(27)16-17-28-20-12-10-19(11-13-20)22-15-14-21(30-4)18-25(22)31-5;/h6-18H,1-5H3;1H. The molecule has 1 heterocycles. The van der Waals surface area contributed by atoms with E-state index in [0.29, 0.717) is 0 Å². The van der Waals surface area contributed by atoms with Gasteiger partial charge in [0.2, 0.25) is 5.69 Å². The van der Waals surface area contributed by atoms with Crippen molar-refractivity contribution in [3.63, 3.8) is 0 Å². The van der Waals surface area contributed by atoms with E-state index in [-0.39, 0.29) is 17.8 Å². The molecule has 0 fully saturated rings. The number of allylic oxidation sites excluding steroid dienone is 1. The zero-order valence-corrected chi connectivity index (χ0v) is 19.9. The Balaban J connectivity index is 0.00000289. The van der Waals surface area contributed by atoms with Gasteiger partial charge in [-0.05, 0) is 43.7 Å². The molecule has 0 radical (unpaired) electrons. The summed E-state index contributed by atoms with van der Waals surface area (Å²) >= 11 is 0. The van der Waals surface area contributed by atoms with E-state index in [0.717, 1.165) is 28.3 Å². The number of ether oxygens (including phenoxy) is 2. The highest BCUT2D eigenvalue weighted by molar-refractivity contribution is 6.03. The minimum absolute atomic E-state index is 0. The fraction of sp³-hybridized carbons (Fsp3) is 0.222. The molecule has 4 nitrogen and oxygen atoms in total. The maximum absolute atomic E-state index is 5.54. The molecule has 166 valence electrons. The summed E-state index contributed by atoms with van der Waals surface area (Å²) in [6.45, 7) is 4.54. The Bertz CT molecular complexity index is 1160. The minimum atomic E-state index is -0.0295. The molecule has 3 aromatic carbocycles. The largest absolute Gasteiger partial charge is 1.00 e. The van der Waals surface area contributed by atoms with Crippen LogP contribution in [0.1, 0.15) is 19.4 Å². The van der Waals surface area contributed by atoms with Crippen molar-refractivity contribution in [3.8, 4) is 22.6 Å². The monoisotopic (exact) mass is 448 g/mol. The highest BCUT2D eigenvalue weighted by atomic mass is 35.5. The van der Waals surface area contributed by atoms with Gasteiger partial charge >= 0.3 is 0 Å². The molecule has 32 heavy (non-hydrogen) atoms. The van der Waals surface area contributed by atoms with Gasteiger partial charge in [0.1, 0.15) is 18.5 Å². The third-order valence-electron chi connectivity index (χ3n) is 6.04. The predicted molar refractivity (Wildman–Crippen MR) is 128 cm³/mol. The van der Waals surface area contributed by atoms with Crippen molar-refractivity contribution < 1.29 is 26.5 Å². The first kappa shape index (κ1) is 23.4. The molecule has 5 heteroatoms. The molecule has 0 spiro atoms. The fourth-order valence-corrected chi connectivity index (χ4v) is 4.30. The predicted octanol–water partition coefficient (Wildman–Crippen LogP) is 3.01. The quantitative estimate of drug-likeness (QED) is 0.588. The van der Waals surface area contributed by atoms with Crippen LogP contribution in [0.2, 0.25) is 0 Å². The first-order valence-electron chi connectivity index (χ1n) is 10.4. The Morgan fingerprint density at radius 2 is 1.62 bits per heavy atom. The summed E-state index contributed by atoms with van der Waals surface area (Å²) in [5, 5.41) is 3.40. The molecule has 0 saturated heterocycles. The lowest BCUT2D eigenvalue weighted by atomic mass is 9.81. The van der Waals surface area contributed by atoms with Gasteiger partial charge in [-0.15, -0.1) is 0 Å². The average Bonchev–Trinajstić information content (AvgIpc) is 3.00. The number of anilines is 1. The number of nitrogens with one attached hydrogen (secondary N) is 1.